The van der Waals surface area contributed by atoms with Crippen LogP contribution in [0.1, 0.15) is 69.5 Å². The summed E-state index contributed by atoms with van der Waals surface area (Å²) in [5.41, 5.74) is 12.6. The number of rotatable bonds is 1. The second-order valence-electron chi connectivity index (χ2n) is 11.7. The SMILES string of the molecule is Cc1c(C)c(C)c(N=O)c(O)c1C.Cc1ccc2c(c1)N(C)C1(C=Nc3c(C)c(C)c(C)c(C)c3O1)C2(C)C. The van der Waals surface area contributed by atoms with E-state index < -0.39 is 5.72 Å². The van der Waals surface area contributed by atoms with E-state index in [-0.39, 0.29) is 16.9 Å². The zero-order valence-electron chi connectivity index (χ0n) is 25.4. The van der Waals surface area contributed by atoms with Gasteiger partial charge in [0.2, 0.25) is 5.72 Å². The van der Waals surface area contributed by atoms with Crippen LogP contribution < -0.4 is 9.64 Å². The largest absolute Gasteiger partial charge is 0.505 e. The highest BCUT2D eigenvalue weighted by molar-refractivity contribution is 5.89. The number of nitrogens with zero attached hydrogens (tertiary/aromatic N) is 3. The van der Waals surface area contributed by atoms with E-state index in [9.17, 15) is 10.0 Å². The molecule has 3 aromatic rings. The van der Waals surface area contributed by atoms with Gasteiger partial charge in [0.05, 0.1) is 11.6 Å². The number of benzene rings is 3. The van der Waals surface area contributed by atoms with Crippen LogP contribution in [0.25, 0.3) is 0 Å². The van der Waals surface area contributed by atoms with Gasteiger partial charge in [-0.15, -0.1) is 4.91 Å². The van der Waals surface area contributed by atoms with Gasteiger partial charge < -0.3 is 14.7 Å². The molecule has 0 aliphatic carbocycles. The molecule has 2 aliphatic rings. The van der Waals surface area contributed by atoms with Crippen molar-refractivity contribution in [1.82, 2.24) is 0 Å². The van der Waals surface area contributed by atoms with Gasteiger partial charge in [0, 0.05) is 12.7 Å². The van der Waals surface area contributed by atoms with Crippen LogP contribution in [0.5, 0.6) is 11.5 Å². The molecule has 0 fully saturated rings. The molecule has 1 unspecified atom stereocenters. The molecule has 1 atom stereocenters. The van der Waals surface area contributed by atoms with E-state index in [1.807, 2.05) is 20.1 Å². The van der Waals surface area contributed by atoms with Crippen molar-refractivity contribution in [2.45, 2.75) is 87.3 Å². The van der Waals surface area contributed by atoms with Crippen LogP contribution in [0.3, 0.4) is 0 Å². The summed E-state index contributed by atoms with van der Waals surface area (Å²) < 4.78 is 6.85. The molecule has 1 N–H and O–H groups in total. The molecule has 0 aromatic heterocycles. The van der Waals surface area contributed by atoms with Crippen LogP contribution in [0.15, 0.2) is 28.4 Å². The molecule has 6 heteroatoms. The van der Waals surface area contributed by atoms with Crippen molar-refractivity contribution in [3.63, 3.8) is 0 Å². The molecule has 206 valence electrons. The fourth-order valence-electron chi connectivity index (χ4n) is 5.94. The van der Waals surface area contributed by atoms with Gasteiger partial charge in [0.1, 0.15) is 11.4 Å². The maximum atomic E-state index is 10.5. The lowest BCUT2D eigenvalue weighted by Crippen LogP contribution is -2.61. The Morgan fingerprint density at radius 1 is 0.821 bits per heavy atom. The summed E-state index contributed by atoms with van der Waals surface area (Å²) in [6, 6.07) is 6.67. The van der Waals surface area contributed by atoms with Gasteiger partial charge in [-0.1, -0.05) is 12.1 Å². The van der Waals surface area contributed by atoms with Crippen molar-refractivity contribution < 1.29 is 9.84 Å². The van der Waals surface area contributed by atoms with Crippen LogP contribution in [-0.2, 0) is 5.41 Å². The second kappa shape index (κ2) is 9.51. The quantitative estimate of drug-likeness (QED) is 0.322. The van der Waals surface area contributed by atoms with Crippen molar-refractivity contribution in [3.8, 4) is 11.5 Å². The number of hydrogen-bond acceptors (Lipinski definition) is 6. The number of likely N-dealkylation sites (N-methyl/N-ethyl adjacent to an activating group) is 1. The molecule has 6 nitrogen and oxygen atoms in total. The van der Waals surface area contributed by atoms with Crippen LogP contribution in [0.4, 0.5) is 17.1 Å². The molecular weight excluding hydrogens is 486 g/mol. The maximum absolute atomic E-state index is 10.5. The minimum atomic E-state index is -0.616. The Hall–Kier alpha value is -3.67. The first-order valence-corrected chi connectivity index (χ1v) is 13.4. The number of ether oxygens (including phenoxy) is 1. The maximum Gasteiger partial charge on any atom is 0.228 e. The number of phenolic OH excluding ortho intramolecular Hbond substituents is 1. The van der Waals surface area contributed by atoms with E-state index in [0.717, 1.165) is 33.7 Å². The van der Waals surface area contributed by atoms with E-state index in [2.05, 4.69) is 83.8 Å². The van der Waals surface area contributed by atoms with Crippen LogP contribution in [0, 0.1) is 67.2 Å². The average Bonchev–Trinajstić information content (AvgIpc) is 3.06. The zero-order chi connectivity index (χ0) is 29.2. The molecule has 2 aliphatic heterocycles. The number of hydrogen-bond donors (Lipinski definition) is 1. The van der Waals surface area contributed by atoms with Crippen LogP contribution in [-0.4, -0.2) is 24.1 Å². The Balaban J connectivity index is 0.000000229. The monoisotopic (exact) mass is 527 g/mol. The van der Waals surface area contributed by atoms with Gasteiger partial charge in [-0.25, -0.2) is 0 Å². The predicted octanol–water partition coefficient (Wildman–Crippen LogP) is 8.47. The Morgan fingerprint density at radius 2 is 1.38 bits per heavy atom. The number of fused-ring (bicyclic) bond motifs is 2. The van der Waals surface area contributed by atoms with Gasteiger partial charge >= 0.3 is 0 Å². The molecule has 39 heavy (non-hydrogen) atoms. The Morgan fingerprint density at radius 3 is 2.00 bits per heavy atom. The van der Waals surface area contributed by atoms with Gasteiger partial charge in [0.15, 0.2) is 11.4 Å². The summed E-state index contributed by atoms with van der Waals surface area (Å²) in [5, 5.41) is 12.4. The number of nitroso groups, excluding NO2 is 1. The average molecular weight is 528 g/mol. The van der Waals surface area contributed by atoms with Gasteiger partial charge in [-0.2, -0.15) is 0 Å². The number of aliphatic imine (C=N–C) groups is 1. The van der Waals surface area contributed by atoms with Crippen LogP contribution in [0.2, 0.25) is 0 Å². The van der Waals surface area contributed by atoms with E-state index in [1.54, 1.807) is 13.8 Å². The Labute approximate surface area is 232 Å². The summed E-state index contributed by atoms with van der Waals surface area (Å²) in [6.45, 7) is 22.7. The smallest absolute Gasteiger partial charge is 0.228 e. The van der Waals surface area contributed by atoms with Gasteiger partial charge in [-0.3, -0.25) is 4.99 Å². The summed E-state index contributed by atoms with van der Waals surface area (Å²) in [5.74, 6) is 0.938. The highest BCUT2D eigenvalue weighted by atomic mass is 16.5. The first kappa shape index (κ1) is 28.3. The van der Waals surface area contributed by atoms with Crippen molar-refractivity contribution in [1.29, 1.82) is 0 Å². The number of aryl methyl sites for hydroxylation is 1. The molecule has 5 rings (SSSR count). The van der Waals surface area contributed by atoms with Gasteiger partial charge in [-0.05, 0) is 143 Å². The normalized spacial score (nSPS) is 18.3. The third-order valence-electron chi connectivity index (χ3n) is 9.52. The first-order valence-electron chi connectivity index (χ1n) is 13.4. The predicted molar refractivity (Wildman–Crippen MR) is 162 cm³/mol. The fourth-order valence-corrected chi connectivity index (χ4v) is 5.94. The topological polar surface area (TPSA) is 74.5 Å². The van der Waals surface area contributed by atoms with E-state index in [1.165, 1.54) is 39.1 Å². The third kappa shape index (κ3) is 3.95. The minimum absolute atomic E-state index is 0.00981. The van der Waals surface area contributed by atoms with Crippen molar-refractivity contribution in [3.05, 3.63) is 78.7 Å². The summed E-state index contributed by atoms with van der Waals surface area (Å²) in [7, 11) is 2.12. The lowest BCUT2D eigenvalue weighted by atomic mass is 9.77. The number of phenols is 1. The Bertz CT molecular complexity index is 1520. The van der Waals surface area contributed by atoms with Gasteiger partial charge in [0.25, 0.3) is 0 Å². The number of anilines is 1. The first-order chi connectivity index (χ1) is 18.1. The van der Waals surface area contributed by atoms with E-state index in [0.29, 0.717) is 0 Å². The molecule has 0 radical (unpaired) electrons. The fraction of sp³-hybridized carbons (Fsp3) is 0.424. The molecule has 0 saturated carbocycles. The molecule has 3 aromatic carbocycles. The minimum Gasteiger partial charge on any atom is -0.505 e. The molecule has 0 bridgehead atoms. The zero-order valence-corrected chi connectivity index (χ0v) is 25.4. The summed E-state index contributed by atoms with van der Waals surface area (Å²) in [6.07, 6.45) is 2.02. The second-order valence-corrected chi connectivity index (χ2v) is 11.7. The number of aromatic hydroxyl groups is 1. The lowest BCUT2D eigenvalue weighted by Gasteiger charge is -2.45. The van der Waals surface area contributed by atoms with Crippen molar-refractivity contribution in [2.24, 2.45) is 10.2 Å². The van der Waals surface area contributed by atoms with Crippen molar-refractivity contribution in [2.75, 3.05) is 11.9 Å². The van der Waals surface area contributed by atoms with Crippen LogP contribution >= 0.6 is 0 Å². The molecule has 2 heterocycles. The van der Waals surface area contributed by atoms with E-state index >= 15 is 0 Å². The third-order valence-corrected chi connectivity index (χ3v) is 9.52. The Kier molecular flexibility index (Phi) is 6.91. The summed E-state index contributed by atoms with van der Waals surface area (Å²) in [4.78, 5) is 17.7. The van der Waals surface area contributed by atoms with Crippen molar-refractivity contribution >= 4 is 23.3 Å². The molecule has 0 amide bonds. The standard InChI is InChI=1S/C23H28N2O.C10H13NO2/c1-13-9-10-18-19(11-13)25(8)23(22(18,6)7)12-24-20-16(4)14(2)15(3)17(5)21(20)26-23;1-5-6(2)8(4)10(12)9(11-13)7(5)3/h9-12H,1-8H3;12H,1-4H3. The summed E-state index contributed by atoms with van der Waals surface area (Å²) >= 11 is 0. The highest BCUT2D eigenvalue weighted by Crippen LogP contribution is 2.55. The van der Waals surface area contributed by atoms with E-state index in [4.69, 9.17) is 9.73 Å². The molecular formula is C33H41N3O3. The lowest BCUT2D eigenvalue weighted by molar-refractivity contribution is 0.0815. The highest BCUT2D eigenvalue weighted by Gasteiger charge is 2.58. The molecule has 1 spiro atoms. The molecule has 0 saturated heterocycles.